The number of hydrogen-bond acceptors (Lipinski definition) is 3. The van der Waals surface area contributed by atoms with Crippen LogP contribution in [0.15, 0.2) is 36.4 Å². The molecule has 0 saturated carbocycles. The van der Waals surface area contributed by atoms with Crippen LogP contribution in [0.5, 0.6) is 0 Å². The lowest BCUT2D eigenvalue weighted by Crippen LogP contribution is -2.32. The zero-order valence-electron chi connectivity index (χ0n) is 16.6. The molecule has 142 valence electrons. The van der Waals surface area contributed by atoms with E-state index >= 15 is 0 Å². The Balaban J connectivity index is 2.10. The van der Waals surface area contributed by atoms with Crippen LogP contribution < -0.4 is 10.2 Å². The third-order valence-corrected chi connectivity index (χ3v) is 4.45. The highest BCUT2D eigenvalue weighted by Crippen LogP contribution is 2.22. The molecule has 5 heteroatoms. The first-order chi connectivity index (χ1) is 12.7. The minimum atomic E-state index is -0.175. The second kappa shape index (κ2) is 8.62. The lowest BCUT2D eigenvalue weighted by molar-refractivity contribution is -0.117. The molecule has 0 aliphatic carbocycles. The standard InChI is InChI=1S/C22H26N2O3/c1-14-11-15(2)22(16(3)12-14)23-21(27)9-10-24(18(5)26)20-8-6-7-19(13-20)17(4)25/h6-8,11-13H,9-10H2,1-5H3,(H,23,27). The van der Waals surface area contributed by atoms with Crippen molar-refractivity contribution in [3.63, 3.8) is 0 Å². The van der Waals surface area contributed by atoms with Crippen LogP contribution in [-0.2, 0) is 9.59 Å². The van der Waals surface area contributed by atoms with Crippen LogP contribution in [0.3, 0.4) is 0 Å². The average molecular weight is 366 g/mol. The minimum absolute atomic E-state index is 0.0663. The molecule has 0 bridgehead atoms. The number of Topliss-reactive ketones (excluding diaryl/α,β-unsaturated/α-hetero) is 1. The summed E-state index contributed by atoms with van der Waals surface area (Å²) in [4.78, 5) is 37.6. The molecule has 5 nitrogen and oxygen atoms in total. The van der Waals surface area contributed by atoms with Crippen molar-refractivity contribution in [3.05, 3.63) is 58.7 Å². The monoisotopic (exact) mass is 366 g/mol. The van der Waals surface area contributed by atoms with Gasteiger partial charge in [0.1, 0.15) is 0 Å². The number of nitrogens with one attached hydrogen (secondary N) is 1. The summed E-state index contributed by atoms with van der Waals surface area (Å²) in [5.74, 6) is -0.395. The molecule has 1 N–H and O–H groups in total. The maximum absolute atomic E-state index is 12.4. The average Bonchev–Trinajstić information content (AvgIpc) is 2.58. The molecule has 0 heterocycles. The number of carbonyl (C=O) groups is 3. The summed E-state index contributed by atoms with van der Waals surface area (Å²) in [5, 5.41) is 2.95. The highest BCUT2D eigenvalue weighted by Gasteiger charge is 2.15. The minimum Gasteiger partial charge on any atom is -0.326 e. The molecule has 0 aliphatic heterocycles. The van der Waals surface area contributed by atoms with E-state index in [1.165, 1.54) is 18.7 Å². The summed E-state index contributed by atoms with van der Waals surface area (Å²) in [5.41, 5.74) is 5.14. The van der Waals surface area contributed by atoms with Crippen LogP contribution in [0, 0.1) is 20.8 Å². The Kier molecular flexibility index (Phi) is 6.50. The van der Waals surface area contributed by atoms with Gasteiger partial charge in [0.15, 0.2) is 5.78 Å². The molecule has 27 heavy (non-hydrogen) atoms. The van der Waals surface area contributed by atoms with Gasteiger partial charge in [0.25, 0.3) is 0 Å². The molecule has 2 aromatic rings. The van der Waals surface area contributed by atoms with Crippen molar-refractivity contribution < 1.29 is 14.4 Å². The Bertz CT molecular complexity index is 864. The van der Waals surface area contributed by atoms with Gasteiger partial charge >= 0.3 is 0 Å². The Morgan fingerprint density at radius 1 is 0.963 bits per heavy atom. The van der Waals surface area contributed by atoms with Crippen molar-refractivity contribution in [2.75, 3.05) is 16.8 Å². The number of carbonyl (C=O) groups excluding carboxylic acids is 3. The van der Waals surface area contributed by atoms with Gasteiger partial charge in [-0.1, -0.05) is 29.8 Å². The van der Waals surface area contributed by atoms with Gasteiger partial charge in [-0.25, -0.2) is 0 Å². The zero-order valence-corrected chi connectivity index (χ0v) is 16.6. The lowest BCUT2D eigenvalue weighted by atomic mass is 10.0. The number of nitrogens with zero attached hydrogens (tertiary/aromatic N) is 1. The van der Waals surface area contributed by atoms with Gasteiger partial charge in [-0.05, 0) is 51.0 Å². The van der Waals surface area contributed by atoms with E-state index in [0.29, 0.717) is 11.3 Å². The Morgan fingerprint density at radius 2 is 1.59 bits per heavy atom. The van der Waals surface area contributed by atoms with Crippen molar-refractivity contribution in [1.82, 2.24) is 0 Å². The molecular weight excluding hydrogens is 340 g/mol. The normalized spacial score (nSPS) is 10.4. The Hall–Kier alpha value is -2.95. The van der Waals surface area contributed by atoms with E-state index in [0.717, 1.165) is 22.4 Å². The first-order valence-corrected chi connectivity index (χ1v) is 8.96. The fraction of sp³-hybridized carbons (Fsp3) is 0.318. The van der Waals surface area contributed by atoms with Crippen molar-refractivity contribution >= 4 is 29.0 Å². The molecule has 0 radical (unpaired) electrons. The largest absolute Gasteiger partial charge is 0.326 e. The smallest absolute Gasteiger partial charge is 0.226 e. The van der Waals surface area contributed by atoms with Gasteiger partial charge in [0.05, 0.1) is 0 Å². The summed E-state index contributed by atoms with van der Waals surface area (Å²) in [6, 6.07) is 10.9. The molecule has 0 saturated heterocycles. The summed E-state index contributed by atoms with van der Waals surface area (Å²) in [6.07, 6.45) is 0.163. The topological polar surface area (TPSA) is 66.5 Å². The number of hydrogen-bond donors (Lipinski definition) is 1. The van der Waals surface area contributed by atoms with E-state index in [2.05, 4.69) is 5.32 Å². The predicted octanol–water partition coefficient (Wildman–Crippen LogP) is 4.20. The maximum Gasteiger partial charge on any atom is 0.226 e. The molecule has 0 aromatic heterocycles. The Morgan fingerprint density at radius 3 is 2.15 bits per heavy atom. The molecule has 2 aromatic carbocycles. The molecule has 0 spiro atoms. The van der Waals surface area contributed by atoms with Crippen molar-refractivity contribution in [2.24, 2.45) is 0 Å². The number of anilines is 2. The third kappa shape index (κ3) is 5.26. The molecule has 0 atom stereocenters. The van der Waals surface area contributed by atoms with Crippen molar-refractivity contribution in [3.8, 4) is 0 Å². The van der Waals surface area contributed by atoms with Crippen LogP contribution in [-0.4, -0.2) is 24.1 Å². The van der Waals surface area contributed by atoms with Gasteiger partial charge in [0.2, 0.25) is 11.8 Å². The van der Waals surface area contributed by atoms with Gasteiger partial charge in [-0.3, -0.25) is 14.4 Å². The summed E-state index contributed by atoms with van der Waals surface area (Å²) in [7, 11) is 0. The summed E-state index contributed by atoms with van der Waals surface area (Å²) >= 11 is 0. The molecule has 0 aliphatic rings. The first kappa shape index (κ1) is 20.4. The van der Waals surface area contributed by atoms with Gasteiger partial charge in [0, 0.05) is 36.8 Å². The van der Waals surface area contributed by atoms with Crippen LogP contribution in [0.2, 0.25) is 0 Å². The molecule has 2 amide bonds. The highest BCUT2D eigenvalue weighted by molar-refractivity contribution is 5.98. The van der Waals surface area contributed by atoms with E-state index in [4.69, 9.17) is 0 Å². The Labute approximate surface area is 160 Å². The van der Waals surface area contributed by atoms with Gasteiger partial charge in [-0.15, -0.1) is 0 Å². The second-order valence-corrected chi connectivity index (χ2v) is 6.85. The van der Waals surface area contributed by atoms with Crippen LogP contribution in [0.25, 0.3) is 0 Å². The first-order valence-electron chi connectivity index (χ1n) is 8.96. The van der Waals surface area contributed by atoms with E-state index < -0.39 is 0 Å². The van der Waals surface area contributed by atoms with Crippen molar-refractivity contribution in [1.29, 1.82) is 0 Å². The maximum atomic E-state index is 12.4. The lowest BCUT2D eigenvalue weighted by Gasteiger charge is -2.22. The molecule has 2 rings (SSSR count). The molecule has 0 unspecified atom stereocenters. The SMILES string of the molecule is CC(=O)c1cccc(N(CCC(=O)Nc2c(C)cc(C)cc2C)C(C)=O)c1. The number of benzene rings is 2. The van der Waals surface area contributed by atoms with E-state index in [-0.39, 0.29) is 30.6 Å². The van der Waals surface area contributed by atoms with E-state index in [9.17, 15) is 14.4 Å². The summed E-state index contributed by atoms with van der Waals surface area (Å²) < 4.78 is 0. The number of amides is 2. The van der Waals surface area contributed by atoms with E-state index in [1.807, 2.05) is 32.9 Å². The van der Waals surface area contributed by atoms with Gasteiger partial charge in [-0.2, -0.15) is 0 Å². The number of aryl methyl sites for hydroxylation is 3. The quantitative estimate of drug-likeness (QED) is 0.779. The van der Waals surface area contributed by atoms with Crippen molar-refractivity contribution in [2.45, 2.75) is 41.0 Å². The number of rotatable bonds is 6. The van der Waals surface area contributed by atoms with Crippen LogP contribution in [0.4, 0.5) is 11.4 Å². The second-order valence-electron chi connectivity index (χ2n) is 6.85. The third-order valence-electron chi connectivity index (χ3n) is 4.45. The van der Waals surface area contributed by atoms with Gasteiger partial charge < -0.3 is 10.2 Å². The summed E-state index contributed by atoms with van der Waals surface area (Å²) in [6.45, 7) is 9.12. The highest BCUT2D eigenvalue weighted by atomic mass is 16.2. The van der Waals surface area contributed by atoms with Crippen LogP contribution in [0.1, 0.15) is 47.3 Å². The predicted molar refractivity (Wildman–Crippen MR) is 108 cm³/mol. The van der Waals surface area contributed by atoms with Crippen LogP contribution >= 0.6 is 0 Å². The zero-order chi connectivity index (χ0) is 20.1. The molecule has 0 fully saturated rings. The fourth-order valence-electron chi connectivity index (χ4n) is 3.15. The molecular formula is C22H26N2O3. The number of ketones is 1. The fourth-order valence-corrected chi connectivity index (χ4v) is 3.15. The van der Waals surface area contributed by atoms with E-state index in [1.54, 1.807) is 24.3 Å².